The van der Waals surface area contributed by atoms with Crippen molar-refractivity contribution in [3.05, 3.63) is 59.2 Å². The van der Waals surface area contributed by atoms with Crippen molar-refractivity contribution in [2.75, 3.05) is 5.32 Å². The molecule has 0 radical (unpaired) electrons. The number of benzene rings is 2. The first-order valence-electron chi connectivity index (χ1n) is 6.47. The highest BCUT2D eigenvalue weighted by Gasteiger charge is 2.11. The largest absolute Gasteiger partial charge is 0.441 e. The predicted octanol–water partition coefficient (Wildman–Crippen LogP) is 3.84. The molecule has 0 saturated carbocycles. The number of anilines is 1. The molecule has 0 unspecified atom stereocenters. The van der Waals surface area contributed by atoms with Crippen LogP contribution in [0.4, 0.5) is 10.1 Å². The molecule has 1 heterocycles. The number of amides is 1. The molecule has 0 spiro atoms. The Morgan fingerprint density at radius 2 is 2.00 bits per heavy atom. The molecule has 0 aliphatic carbocycles. The van der Waals surface area contributed by atoms with E-state index in [0.717, 1.165) is 0 Å². The van der Waals surface area contributed by atoms with E-state index in [2.05, 4.69) is 10.3 Å². The molecule has 0 aliphatic heterocycles. The second kappa shape index (κ2) is 5.01. The molecule has 0 aliphatic rings. The van der Waals surface area contributed by atoms with Crippen molar-refractivity contribution in [2.24, 2.45) is 0 Å². The minimum atomic E-state index is -0.358. The Bertz CT molecular complexity index is 839. The van der Waals surface area contributed by atoms with Gasteiger partial charge in [0.1, 0.15) is 11.3 Å². The zero-order chi connectivity index (χ0) is 15.0. The van der Waals surface area contributed by atoms with Gasteiger partial charge in [-0.05, 0) is 48.9 Å². The molecule has 0 bridgehead atoms. The first-order chi connectivity index (χ1) is 10.0. The van der Waals surface area contributed by atoms with E-state index in [1.54, 1.807) is 32.0 Å². The lowest BCUT2D eigenvalue weighted by molar-refractivity contribution is 0.102. The van der Waals surface area contributed by atoms with Gasteiger partial charge in [0.2, 0.25) is 0 Å². The van der Waals surface area contributed by atoms with Crippen LogP contribution < -0.4 is 5.32 Å². The summed E-state index contributed by atoms with van der Waals surface area (Å²) in [7, 11) is 0. The fraction of sp³-hybridized carbons (Fsp3) is 0.125. The minimum Gasteiger partial charge on any atom is -0.441 e. The summed E-state index contributed by atoms with van der Waals surface area (Å²) in [5, 5.41) is 2.78. The predicted molar refractivity (Wildman–Crippen MR) is 77.8 cm³/mol. The van der Waals surface area contributed by atoms with Crippen LogP contribution in [0.1, 0.15) is 21.8 Å². The van der Waals surface area contributed by atoms with E-state index in [-0.39, 0.29) is 11.7 Å². The van der Waals surface area contributed by atoms with E-state index < -0.39 is 0 Å². The Morgan fingerprint density at radius 1 is 1.19 bits per heavy atom. The topological polar surface area (TPSA) is 55.1 Å². The van der Waals surface area contributed by atoms with Gasteiger partial charge in [-0.1, -0.05) is 0 Å². The number of rotatable bonds is 2. The number of oxazole rings is 1. The van der Waals surface area contributed by atoms with Gasteiger partial charge in [0.15, 0.2) is 11.5 Å². The summed E-state index contributed by atoms with van der Waals surface area (Å²) in [4.78, 5) is 16.4. The lowest BCUT2D eigenvalue weighted by atomic mass is 10.1. The smallest absolute Gasteiger partial charge is 0.255 e. The molecule has 3 aromatic rings. The highest BCUT2D eigenvalue weighted by molar-refractivity contribution is 6.05. The Hall–Kier alpha value is -2.69. The molecule has 106 valence electrons. The number of carbonyl (C=O) groups excluding carboxylic acids is 1. The Morgan fingerprint density at radius 3 is 2.76 bits per heavy atom. The number of fused-ring (bicyclic) bond motifs is 1. The summed E-state index contributed by atoms with van der Waals surface area (Å²) in [6.45, 7) is 3.46. The minimum absolute atomic E-state index is 0.285. The molecule has 21 heavy (non-hydrogen) atoms. The van der Waals surface area contributed by atoms with Crippen LogP contribution >= 0.6 is 0 Å². The fourth-order valence-electron chi connectivity index (χ4n) is 2.20. The molecule has 0 saturated heterocycles. The van der Waals surface area contributed by atoms with Gasteiger partial charge in [-0.25, -0.2) is 9.37 Å². The standard InChI is InChI=1S/C16H13FN2O2/c1-9-7-11(17)3-5-13(9)16(20)19-12-4-6-15-14(8-12)18-10(2)21-15/h3-8H,1-2H3,(H,19,20). The van der Waals surface area contributed by atoms with Crippen molar-refractivity contribution >= 4 is 22.7 Å². The van der Waals surface area contributed by atoms with Crippen LogP contribution in [0.15, 0.2) is 40.8 Å². The quantitative estimate of drug-likeness (QED) is 0.778. The van der Waals surface area contributed by atoms with Gasteiger partial charge in [-0.2, -0.15) is 0 Å². The number of nitrogens with zero attached hydrogens (tertiary/aromatic N) is 1. The van der Waals surface area contributed by atoms with Crippen LogP contribution in [0.25, 0.3) is 11.1 Å². The van der Waals surface area contributed by atoms with Crippen molar-refractivity contribution in [3.63, 3.8) is 0 Å². The lowest BCUT2D eigenvalue weighted by Crippen LogP contribution is -2.13. The van der Waals surface area contributed by atoms with E-state index in [0.29, 0.717) is 33.8 Å². The molecule has 0 fully saturated rings. The zero-order valence-electron chi connectivity index (χ0n) is 11.6. The van der Waals surface area contributed by atoms with Crippen molar-refractivity contribution in [3.8, 4) is 0 Å². The summed E-state index contributed by atoms with van der Waals surface area (Å²) in [6, 6.07) is 9.30. The highest BCUT2D eigenvalue weighted by Crippen LogP contribution is 2.20. The van der Waals surface area contributed by atoms with E-state index in [4.69, 9.17) is 4.42 Å². The lowest BCUT2D eigenvalue weighted by Gasteiger charge is -2.07. The number of hydrogen-bond acceptors (Lipinski definition) is 3. The first kappa shape index (κ1) is 13.3. The van der Waals surface area contributed by atoms with E-state index in [9.17, 15) is 9.18 Å². The van der Waals surface area contributed by atoms with Gasteiger partial charge in [0.05, 0.1) is 0 Å². The summed E-state index contributed by atoms with van der Waals surface area (Å²) in [5.41, 5.74) is 2.99. The van der Waals surface area contributed by atoms with Crippen LogP contribution in [-0.4, -0.2) is 10.9 Å². The zero-order valence-corrected chi connectivity index (χ0v) is 11.6. The van der Waals surface area contributed by atoms with Gasteiger partial charge in [0.25, 0.3) is 5.91 Å². The number of halogens is 1. The Balaban J connectivity index is 1.88. The van der Waals surface area contributed by atoms with Gasteiger partial charge >= 0.3 is 0 Å². The van der Waals surface area contributed by atoms with Crippen molar-refractivity contribution in [2.45, 2.75) is 13.8 Å². The third-order valence-electron chi connectivity index (χ3n) is 3.19. The van der Waals surface area contributed by atoms with Crippen LogP contribution in [0, 0.1) is 19.7 Å². The second-order valence-electron chi connectivity index (χ2n) is 4.83. The number of aryl methyl sites for hydroxylation is 2. The average molecular weight is 284 g/mol. The first-order valence-corrected chi connectivity index (χ1v) is 6.47. The summed E-state index contributed by atoms with van der Waals surface area (Å²) >= 11 is 0. The summed E-state index contributed by atoms with van der Waals surface area (Å²) in [6.07, 6.45) is 0. The Labute approximate surface area is 120 Å². The van der Waals surface area contributed by atoms with Crippen molar-refractivity contribution < 1.29 is 13.6 Å². The number of aromatic nitrogens is 1. The fourth-order valence-corrected chi connectivity index (χ4v) is 2.20. The number of carbonyl (C=O) groups is 1. The normalized spacial score (nSPS) is 10.8. The van der Waals surface area contributed by atoms with Crippen molar-refractivity contribution in [1.29, 1.82) is 0 Å². The van der Waals surface area contributed by atoms with Gasteiger partial charge in [-0.3, -0.25) is 4.79 Å². The third kappa shape index (κ3) is 2.63. The maximum Gasteiger partial charge on any atom is 0.255 e. The molecule has 1 amide bonds. The van der Waals surface area contributed by atoms with Crippen LogP contribution in [0.5, 0.6) is 0 Å². The van der Waals surface area contributed by atoms with Crippen LogP contribution in [-0.2, 0) is 0 Å². The van der Waals surface area contributed by atoms with E-state index >= 15 is 0 Å². The summed E-state index contributed by atoms with van der Waals surface area (Å²) in [5.74, 6) is -0.0709. The average Bonchev–Trinajstić information content (AvgIpc) is 2.77. The molecule has 5 heteroatoms. The van der Waals surface area contributed by atoms with Gasteiger partial charge in [0, 0.05) is 18.2 Å². The van der Waals surface area contributed by atoms with E-state index in [1.165, 1.54) is 18.2 Å². The number of nitrogens with one attached hydrogen (secondary N) is 1. The van der Waals surface area contributed by atoms with Crippen LogP contribution in [0.3, 0.4) is 0 Å². The van der Waals surface area contributed by atoms with Gasteiger partial charge in [-0.15, -0.1) is 0 Å². The molecule has 0 atom stereocenters. The van der Waals surface area contributed by atoms with E-state index in [1.807, 2.05) is 0 Å². The molecule has 4 nitrogen and oxygen atoms in total. The van der Waals surface area contributed by atoms with Crippen molar-refractivity contribution in [1.82, 2.24) is 4.98 Å². The third-order valence-corrected chi connectivity index (χ3v) is 3.19. The SMILES string of the molecule is Cc1nc2cc(NC(=O)c3ccc(F)cc3C)ccc2o1. The number of hydrogen-bond donors (Lipinski definition) is 1. The maximum atomic E-state index is 13.1. The maximum absolute atomic E-state index is 13.1. The molecule has 2 aromatic carbocycles. The van der Waals surface area contributed by atoms with Crippen LogP contribution in [0.2, 0.25) is 0 Å². The monoisotopic (exact) mass is 284 g/mol. The highest BCUT2D eigenvalue weighted by atomic mass is 19.1. The van der Waals surface area contributed by atoms with Gasteiger partial charge < -0.3 is 9.73 Å². The second-order valence-corrected chi connectivity index (χ2v) is 4.83. The summed E-state index contributed by atoms with van der Waals surface area (Å²) < 4.78 is 18.4. The molecular weight excluding hydrogens is 271 g/mol. The molecule has 1 N–H and O–H groups in total. The Kier molecular flexibility index (Phi) is 3.17. The molecule has 3 rings (SSSR count). The molecular formula is C16H13FN2O2. The molecule has 1 aromatic heterocycles.